The van der Waals surface area contributed by atoms with Crippen molar-refractivity contribution in [3.8, 4) is 0 Å². The number of nitrogens with zero attached hydrogens (tertiary/aromatic N) is 1. The lowest BCUT2D eigenvalue weighted by Gasteiger charge is -2.33. The molecule has 21 heavy (non-hydrogen) atoms. The zero-order valence-electron chi connectivity index (χ0n) is 11.0. The highest BCUT2D eigenvalue weighted by atomic mass is 35.5. The van der Waals surface area contributed by atoms with E-state index in [9.17, 15) is 17.9 Å². The summed E-state index contributed by atoms with van der Waals surface area (Å²) in [6.45, 7) is 0.0784. The SMILES string of the molecule is O=S(=O)(Nc1cc(Cl)c(F)c(Cl)c1)N1CCCCC1CO. The maximum atomic E-state index is 13.3. The molecule has 0 aromatic heterocycles. The molecular formula is C12H15Cl2FN2O3S. The van der Waals surface area contributed by atoms with Gasteiger partial charge in [0.1, 0.15) is 0 Å². The van der Waals surface area contributed by atoms with Gasteiger partial charge in [0, 0.05) is 12.6 Å². The van der Waals surface area contributed by atoms with Crippen molar-refractivity contribution in [1.29, 1.82) is 0 Å². The van der Waals surface area contributed by atoms with E-state index in [1.54, 1.807) is 0 Å². The molecule has 0 spiro atoms. The number of hydrogen-bond donors (Lipinski definition) is 2. The third-order valence-corrected chi connectivity index (χ3v) is 5.47. The van der Waals surface area contributed by atoms with Crippen LogP contribution in [-0.2, 0) is 10.2 Å². The van der Waals surface area contributed by atoms with Gasteiger partial charge in [-0.2, -0.15) is 12.7 Å². The molecule has 1 aliphatic heterocycles. The van der Waals surface area contributed by atoms with Crippen LogP contribution in [0.4, 0.5) is 10.1 Å². The van der Waals surface area contributed by atoms with Crippen LogP contribution in [0, 0.1) is 5.82 Å². The minimum atomic E-state index is -3.86. The fourth-order valence-electron chi connectivity index (χ4n) is 2.29. The van der Waals surface area contributed by atoms with Crippen LogP contribution in [0.25, 0.3) is 0 Å². The fourth-order valence-corrected chi connectivity index (χ4v) is 4.25. The Labute approximate surface area is 132 Å². The monoisotopic (exact) mass is 356 g/mol. The van der Waals surface area contributed by atoms with Crippen molar-refractivity contribution in [3.63, 3.8) is 0 Å². The normalized spacial score (nSPS) is 20.5. The van der Waals surface area contributed by atoms with Crippen LogP contribution in [0.5, 0.6) is 0 Å². The first-order chi connectivity index (χ1) is 9.85. The Morgan fingerprint density at radius 3 is 2.52 bits per heavy atom. The van der Waals surface area contributed by atoms with Gasteiger partial charge in [-0.25, -0.2) is 4.39 Å². The maximum Gasteiger partial charge on any atom is 0.301 e. The molecule has 0 aliphatic carbocycles. The molecule has 1 unspecified atom stereocenters. The van der Waals surface area contributed by atoms with E-state index in [0.29, 0.717) is 13.0 Å². The minimum Gasteiger partial charge on any atom is -0.395 e. The highest BCUT2D eigenvalue weighted by molar-refractivity contribution is 7.90. The van der Waals surface area contributed by atoms with Crippen LogP contribution in [0.3, 0.4) is 0 Å². The van der Waals surface area contributed by atoms with E-state index >= 15 is 0 Å². The number of rotatable bonds is 4. The summed E-state index contributed by atoms with van der Waals surface area (Å²) in [5, 5.41) is 8.76. The van der Waals surface area contributed by atoms with E-state index in [0.717, 1.165) is 25.0 Å². The summed E-state index contributed by atoms with van der Waals surface area (Å²) in [5.74, 6) is -0.799. The summed E-state index contributed by atoms with van der Waals surface area (Å²) < 4.78 is 41.6. The zero-order valence-corrected chi connectivity index (χ0v) is 13.3. The van der Waals surface area contributed by atoms with E-state index in [1.807, 2.05) is 0 Å². The van der Waals surface area contributed by atoms with Gasteiger partial charge in [0.05, 0.1) is 22.3 Å². The van der Waals surface area contributed by atoms with Crippen molar-refractivity contribution in [2.24, 2.45) is 0 Å². The van der Waals surface area contributed by atoms with Gasteiger partial charge < -0.3 is 5.11 Å². The molecule has 1 atom stereocenters. The number of halogens is 3. The topological polar surface area (TPSA) is 69.6 Å². The molecule has 0 radical (unpaired) electrons. The molecule has 1 fully saturated rings. The maximum absolute atomic E-state index is 13.3. The molecule has 5 nitrogen and oxygen atoms in total. The number of aliphatic hydroxyl groups excluding tert-OH is 1. The predicted molar refractivity (Wildman–Crippen MR) is 80.4 cm³/mol. The average Bonchev–Trinajstić information content (AvgIpc) is 2.44. The number of anilines is 1. The summed E-state index contributed by atoms with van der Waals surface area (Å²) in [5.41, 5.74) is 0.0775. The fraction of sp³-hybridized carbons (Fsp3) is 0.500. The minimum absolute atomic E-state index is 0.0775. The van der Waals surface area contributed by atoms with Crippen molar-refractivity contribution >= 4 is 39.1 Å². The molecule has 1 aromatic rings. The average molecular weight is 357 g/mol. The second kappa shape index (κ2) is 6.66. The number of piperidine rings is 1. The standard InChI is InChI=1S/C12H15Cl2FN2O3S/c13-10-5-8(6-11(14)12(10)15)16-21(19,20)17-4-2-1-3-9(17)7-18/h5-6,9,16,18H,1-4,7H2. The Morgan fingerprint density at radius 1 is 1.33 bits per heavy atom. The van der Waals surface area contributed by atoms with Crippen LogP contribution < -0.4 is 4.72 Å². The lowest BCUT2D eigenvalue weighted by molar-refractivity contribution is 0.156. The zero-order chi connectivity index (χ0) is 15.6. The van der Waals surface area contributed by atoms with Crippen molar-refractivity contribution in [2.45, 2.75) is 25.3 Å². The molecule has 2 rings (SSSR count). The lowest BCUT2D eigenvalue weighted by Crippen LogP contribution is -2.47. The van der Waals surface area contributed by atoms with E-state index in [-0.39, 0.29) is 22.3 Å². The first-order valence-electron chi connectivity index (χ1n) is 6.40. The molecule has 2 N–H and O–H groups in total. The Balaban J connectivity index is 2.24. The van der Waals surface area contributed by atoms with Gasteiger partial charge in [-0.1, -0.05) is 29.6 Å². The van der Waals surface area contributed by atoms with E-state index in [2.05, 4.69) is 4.72 Å². The number of aliphatic hydroxyl groups is 1. The summed E-state index contributed by atoms with van der Waals surface area (Å²) >= 11 is 11.3. The Hall–Kier alpha value is -0.600. The first kappa shape index (κ1) is 16.8. The van der Waals surface area contributed by atoms with Gasteiger partial charge in [-0.15, -0.1) is 0 Å². The third-order valence-electron chi connectivity index (χ3n) is 3.32. The van der Waals surface area contributed by atoms with Gasteiger partial charge in [0.2, 0.25) is 0 Å². The van der Waals surface area contributed by atoms with Gasteiger partial charge in [0.15, 0.2) is 5.82 Å². The predicted octanol–water partition coefficient (Wildman–Crippen LogP) is 2.64. The van der Waals surface area contributed by atoms with E-state index < -0.39 is 22.1 Å². The van der Waals surface area contributed by atoms with Crippen LogP contribution in [0.2, 0.25) is 10.0 Å². The van der Waals surface area contributed by atoms with Crippen molar-refractivity contribution in [1.82, 2.24) is 4.31 Å². The van der Waals surface area contributed by atoms with E-state index in [4.69, 9.17) is 23.2 Å². The Kier molecular flexibility index (Phi) is 5.32. The highest BCUT2D eigenvalue weighted by Gasteiger charge is 2.32. The second-order valence-electron chi connectivity index (χ2n) is 4.80. The van der Waals surface area contributed by atoms with Crippen LogP contribution in [0.15, 0.2) is 12.1 Å². The molecule has 0 bridgehead atoms. The summed E-state index contributed by atoms with van der Waals surface area (Å²) in [7, 11) is -3.86. The molecule has 1 aromatic carbocycles. The number of benzene rings is 1. The molecule has 1 saturated heterocycles. The molecule has 9 heteroatoms. The summed E-state index contributed by atoms with van der Waals surface area (Å²) in [6.07, 6.45) is 2.19. The molecule has 0 amide bonds. The van der Waals surface area contributed by atoms with Crippen molar-refractivity contribution in [3.05, 3.63) is 28.0 Å². The van der Waals surface area contributed by atoms with E-state index in [1.165, 1.54) is 4.31 Å². The smallest absolute Gasteiger partial charge is 0.301 e. The Morgan fingerprint density at radius 2 is 1.95 bits per heavy atom. The third kappa shape index (κ3) is 3.78. The molecule has 118 valence electrons. The number of hydrogen-bond acceptors (Lipinski definition) is 3. The quantitative estimate of drug-likeness (QED) is 0.814. The van der Waals surface area contributed by atoms with Gasteiger partial charge in [-0.3, -0.25) is 4.72 Å². The summed E-state index contributed by atoms with van der Waals surface area (Å²) in [4.78, 5) is 0. The Bertz CT molecular complexity index is 604. The molecule has 1 heterocycles. The lowest BCUT2D eigenvalue weighted by atomic mass is 10.1. The van der Waals surface area contributed by atoms with Crippen molar-refractivity contribution < 1.29 is 17.9 Å². The number of nitrogens with one attached hydrogen (secondary N) is 1. The van der Waals surface area contributed by atoms with Gasteiger partial charge in [0.25, 0.3) is 0 Å². The van der Waals surface area contributed by atoms with Crippen LogP contribution in [-0.4, -0.2) is 37.0 Å². The molecule has 0 saturated carbocycles. The van der Waals surface area contributed by atoms with Crippen LogP contribution in [0.1, 0.15) is 19.3 Å². The first-order valence-corrected chi connectivity index (χ1v) is 8.59. The van der Waals surface area contributed by atoms with Gasteiger partial charge >= 0.3 is 10.2 Å². The highest BCUT2D eigenvalue weighted by Crippen LogP contribution is 2.29. The molecular weight excluding hydrogens is 342 g/mol. The second-order valence-corrected chi connectivity index (χ2v) is 7.24. The largest absolute Gasteiger partial charge is 0.395 e. The molecule has 1 aliphatic rings. The van der Waals surface area contributed by atoms with Crippen LogP contribution >= 0.6 is 23.2 Å². The van der Waals surface area contributed by atoms with Crippen molar-refractivity contribution in [2.75, 3.05) is 17.9 Å². The summed E-state index contributed by atoms with van der Waals surface area (Å²) in [6, 6.07) is 1.85. The van der Waals surface area contributed by atoms with Gasteiger partial charge in [-0.05, 0) is 25.0 Å².